The number of thiophene rings is 1. The van der Waals surface area contributed by atoms with Crippen molar-refractivity contribution in [3.63, 3.8) is 0 Å². The van der Waals surface area contributed by atoms with E-state index in [1.54, 1.807) is 58.4 Å². The molecule has 1 aliphatic rings. The molecule has 4 aromatic rings. The second kappa shape index (κ2) is 10.8. The maximum atomic E-state index is 13.6. The van der Waals surface area contributed by atoms with Gasteiger partial charge in [-0.3, -0.25) is 14.2 Å². The Labute approximate surface area is 227 Å². The quantitative estimate of drug-likeness (QED) is 0.330. The molecule has 1 N–H and O–H groups in total. The highest BCUT2D eigenvalue weighted by atomic mass is 32.1. The molecule has 1 aliphatic heterocycles. The maximum absolute atomic E-state index is 13.6. The van der Waals surface area contributed by atoms with Crippen LogP contribution in [0.5, 0.6) is 0 Å². The first kappa shape index (κ1) is 26.8. The van der Waals surface area contributed by atoms with Gasteiger partial charge >= 0.3 is 6.18 Å². The predicted molar refractivity (Wildman–Crippen MR) is 146 cm³/mol. The lowest BCUT2D eigenvalue weighted by molar-refractivity contribution is -0.135. The highest BCUT2D eigenvalue weighted by Crippen LogP contribution is 2.35. The largest absolute Gasteiger partial charge is 0.391 e. The van der Waals surface area contributed by atoms with Gasteiger partial charge in [-0.25, -0.2) is 15.0 Å². The van der Waals surface area contributed by atoms with Crippen LogP contribution in [-0.2, 0) is 6.54 Å². The lowest BCUT2D eigenvalue weighted by Gasteiger charge is -2.37. The van der Waals surface area contributed by atoms with Crippen LogP contribution >= 0.6 is 11.3 Å². The van der Waals surface area contributed by atoms with Crippen molar-refractivity contribution in [2.24, 2.45) is 4.99 Å². The predicted octanol–water partition coefficient (Wildman–Crippen LogP) is 5.39. The zero-order chi connectivity index (χ0) is 27.7. The molecule has 2 atom stereocenters. The summed E-state index contributed by atoms with van der Waals surface area (Å²) in [5.74, 6) is 0.256. The van der Waals surface area contributed by atoms with Crippen molar-refractivity contribution in [1.29, 1.82) is 0 Å². The van der Waals surface area contributed by atoms with E-state index in [0.717, 1.165) is 21.0 Å². The summed E-state index contributed by atoms with van der Waals surface area (Å²) in [5.41, 5.74) is 2.74. The average molecular weight is 556 g/mol. The van der Waals surface area contributed by atoms with Gasteiger partial charge in [0.05, 0.1) is 46.5 Å². The van der Waals surface area contributed by atoms with Gasteiger partial charge in [0.1, 0.15) is 5.82 Å². The smallest absolute Gasteiger partial charge is 0.358 e. The number of aromatic nitrogens is 4. The normalized spacial score (nSPS) is 17.6. The van der Waals surface area contributed by atoms with Gasteiger partial charge in [-0.2, -0.15) is 13.2 Å². The molecular formula is C27H28F3N7OS. The Morgan fingerprint density at radius 1 is 1.15 bits per heavy atom. The number of halogens is 3. The third-order valence-corrected chi connectivity index (χ3v) is 7.65. The van der Waals surface area contributed by atoms with Gasteiger partial charge in [-0.1, -0.05) is 6.92 Å². The molecule has 0 bridgehead atoms. The second-order valence-corrected chi connectivity index (χ2v) is 10.9. The molecule has 0 spiro atoms. The number of carbonyl (C=O) groups excluding carboxylic acids is 1. The molecule has 204 valence electrons. The van der Waals surface area contributed by atoms with Gasteiger partial charge in [-0.15, -0.1) is 11.3 Å². The zero-order valence-corrected chi connectivity index (χ0v) is 22.6. The second-order valence-electron chi connectivity index (χ2n) is 9.58. The lowest BCUT2D eigenvalue weighted by Crippen LogP contribution is -2.47. The zero-order valence-electron chi connectivity index (χ0n) is 21.7. The van der Waals surface area contributed by atoms with Crippen LogP contribution in [0.2, 0.25) is 0 Å². The summed E-state index contributed by atoms with van der Waals surface area (Å²) in [4.78, 5) is 34.4. The highest BCUT2D eigenvalue weighted by Gasteiger charge is 2.37. The van der Waals surface area contributed by atoms with E-state index < -0.39 is 18.6 Å². The van der Waals surface area contributed by atoms with E-state index in [0.29, 0.717) is 29.1 Å². The summed E-state index contributed by atoms with van der Waals surface area (Å²) in [6, 6.07) is 4.42. The van der Waals surface area contributed by atoms with Crippen molar-refractivity contribution in [2.75, 3.05) is 11.4 Å². The van der Waals surface area contributed by atoms with Crippen LogP contribution in [0, 0.1) is 13.8 Å². The Kier molecular flexibility index (Phi) is 7.39. The van der Waals surface area contributed by atoms with Crippen LogP contribution in [0.15, 0.2) is 48.0 Å². The van der Waals surface area contributed by atoms with Crippen LogP contribution in [0.4, 0.5) is 18.9 Å². The van der Waals surface area contributed by atoms with Gasteiger partial charge in [0, 0.05) is 48.3 Å². The van der Waals surface area contributed by atoms with Gasteiger partial charge < -0.3 is 10.2 Å². The molecule has 4 aromatic heterocycles. The molecule has 0 saturated carbocycles. The number of hydrogen-bond donors (Lipinski definition) is 1. The van der Waals surface area contributed by atoms with Crippen molar-refractivity contribution < 1.29 is 18.0 Å². The maximum Gasteiger partial charge on any atom is 0.391 e. The fourth-order valence-electron chi connectivity index (χ4n) is 4.58. The Hall–Kier alpha value is -3.80. The minimum Gasteiger partial charge on any atom is -0.358 e. The third-order valence-electron chi connectivity index (χ3n) is 6.63. The number of aliphatic imine (C=N–C) groups is 1. The van der Waals surface area contributed by atoms with Gasteiger partial charge in [0.15, 0.2) is 5.65 Å². The summed E-state index contributed by atoms with van der Waals surface area (Å²) >= 11 is 1.58. The first-order valence-corrected chi connectivity index (χ1v) is 13.4. The SMILES string of the molecule is CCC1CN(c2cc(C(=O)NCc3cnc(C)nc3)cn3c(-c4ccc(C)s4)cnc23)C(CC(F)(F)F)C=N1. The highest BCUT2D eigenvalue weighted by molar-refractivity contribution is 7.15. The van der Waals surface area contributed by atoms with Gasteiger partial charge in [-0.05, 0) is 38.5 Å². The molecule has 0 radical (unpaired) electrons. The number of fused-ring (bicyclic) bond motifs is 1. The van der Waals surface area contributed by atoms with E-state index >= 15 is 0 Å². The number of alkyl halides is 3. The first-order chi connectivity index (χ1) is 18.6. The summed E-state index contributed by atoms with van der Waals surface area (Å²) in [7, 11) is 0. The number of imidazole rings is 1. The van der Waals surface area contributed by atoms with Gasteiger partial charge in [0.2, 0.25) is 0 Å². The Morgan fingerprint density at radius 2 is 1.92 bits per heavy atom. The van der Waals surface area contributed by atoms with E-state index in [9.17, 15) is 18.0 Å². The molecule has 2 unspecified atom stereocenters. The van der Waals surface area contributed by atoms with Gasteiger partial charge in [0.25, 0.3) is 5.91 Å². The average Bonchev–Trinajstić information content (AvgIpc) is 3.53. The Bertz CT molecular complexity index is 1510. The lowest BCUT2D eigenvalue weighted by atomic mass is 10.1. The van der Waals surface area contributed by atoms with Crippen LogP contribution in [0.3, 0.4) is 0 Å². The third kappa shape index (κ3) is 5.95. The van der Waals surface area contributed by atoms with E-state index in [1.807, 2.05) is 26.0 Å². The topological polar surface area (TPSA) is 87.8 Å². The molecule has 39 heavy (non-hydrogen) atoms. The molecule has 0 aliphatic carbocycles. The van der Waals surface area contributed by atoms with E-state index in [2.05, 4.69) is 25.3 Å². The fraction of sp³-hybridized carbons (Fsp3) is 0.370. The van der Waals surface area contributed by atoms with Crippen LogP contribution in [0.1, 0.15) is 46.4 Å². The number of aryl methyl sites for hydroxylation is 2. The first-order valence-electron chi connectivity index (χ1n) is 12.6. The summed E-state index contributed by atoms with van der Waals surface area (Å²) in [5, 5.41) is 2.88. The summed E-state index contributed by atoms with van der Waals surface area (Å²) < 4.78 is 42.5. The van der Waals surface area contributed by atoms with E-state index in [-0.39, 0.29) is 25.0 Å². The number of anilines is 1. The molecule has 8 nitrogen and oxygen atoms in total. The number of rotatable bonds is 7. The monoisotopic (exact) mass is 555 g/mol. The number of pyridine rings is 1. The number of hydrogen-bond acceptors (Lipinski definition) is 7. The molecule has 0 saturated heterocycles. The van der Waals surface area contributed by atoms with Crippen LogP contribution in [0.25, 0.3) is 16.2 Å². The molecule has 1 amide bonds. The minimum atomic E-state index is -4.38. The summed E-state index contributed by atoms with van der Waals surface area (Å²) in [6.45, 7) is 6.21. The van der Waals surface area contributed by atoms with E-state index in [4.69, 9.17) is 0 Å². The molecule has 0 aromatic carbocycles. The molecule has 12 heteroatoms. The van der Waals surface area contributed by atoms with Crippen molar-refractivity contribution >= 4 is 34.8 Å². The standard InChI is InChI=1S/C27H28F3N7OS/c1-4-20-15-36(21(12-33-20)8-27(28,29)30)22-7-19(26(38)35-11-18-9-31-17(3)32-10-18)14-37-23(13-34-25(22)37)24-6-5-16(2)39-24/h5-7,9-10,12-14,20-21H,4,8,11,15H2,1-3H3,(H,35,38). The molecule has 5 heterocycles. The van der Waals surface area contributed by atoms with Crippen LogP contribution < -0.4 is 10.2 Å². The van der Waals surface area contributed by atoms with Crippen molar-refractivity contribution in [3.05, 3.63) is 64.8 Å². The van der Waals surface area contributed by atoms with Crippen molar-refractivity contribution in [2.45, 2.75) is 58.4 Å². The minimum absolute atomic E-state index is 0.164. The number of nitrogens with zero attached hydrogens (tertiary/aromatic N) is 6. The number of carbonyl (C=O) groups is 1. The molecular weight excluding hydrogens is 527 g/mol. The molecule has 0 fully saturated rings. The Balaban J connectivity index is 1.58. The Morgan fingerprint density at radius 3 is 2.59 bits per heavy atom. The van der Waals surface area contributed by atoms with Crippen LogP contribution in [-0.4, -0.2) is 56.3 Å². The number of amides is 1. The molecule has 5 rings (SSSR count). The fourth-order valence-corrected chi connectivity index (χ4v) is 5.45. The number of nitrogens with one attached hydrogen (secondary N) is 1. The van der Waals surface area contributed by atoms with E-state index in [1.165, 1.54) is 6.21 Å². The summed E-state index contributed by atoms with van der Waals surface area (Å²) in [6.07, 6.45) is 3.29. The van der Waals surface area contributed by atoms with Crippen molar-refractivity contribution in [3.8, 4) is 10.6 Å². The van der Waals surface area contributed by atoms with Crippen molar-refractivity contribution in [1.82, 2.24) is 24.7 Å².